The summed E-state index contributed by atoms with van der Waals surface area (Å²) in [4.78, 5) is 24.8. The Hall–Kier alpha value is -4.39. The first kappa shape index (κ1) is 18.9. The highest BCUT2D eigenvalue weighted by atomic mass is 16.2. The summed E-state index contributed by atoms with van der Waals surface area (Å²) in [6.45, 7) is 0. The fourth-order valence-corrected chi connectivity index (χ4v) is 2.87. The summed E-state index contributed by atoms with van der Waals surface area (Å²) in [6, 6.07) is 25.1. The Bertz CT molecular complexity index is 1160. The SMILES string of the molecule is O=C(Nc1ccccc1)Nc1cccc(C(=O)Nc2cnn(-c3ccccc3)c2)c1. The largest absolute Gasteiger partial charge is 0.323 e. The minimum absolute atomic E-state index is 0.297. The minimum atomic E-state index is -0.386. The van der Waals surface area contributed by atoms with E-state index in [1.807, 2.05) is 48.5 Å². The van der Waals surface area contributed by atoms with Gasteiger partial charge < -0.3 is 16.0 Å². The number of carbonyl (C=O) groups excluding carboxylic acids is 2. The van der Waals surface area contributed by atoms with Gasteiger partial charge in [-0.25, -0.2) is 9.48 Å². The van der Waals surface area contributed by atoms with E-state index in [-0.39, 0.29) is 11.9 Å². The van der Waals surface area contributed by atoms with Crippen molar-refractivity contribution >= 4 is 29.0 Å². The van der Waals surface area contributed by atoms with Crippen LogP contribution in [0.3, 0.4) is 0 Å². The number of anilines is 3. The fraction of sp³-hybridized carbons (Fsp3) is 0. The van der Waals surface area contributed by atoms with Gasteiger partial charge in [0, 0.05) is 16.9 Å². The van der Waals surface area contributed by atoms with Crippen LogP contribution in [0.4, 0.5) is 21.9 Å². The average molecular weight is 397 g/mol. The quantitative estimate of drug-likeness (QED) is 0.453. The molecule has 30 heavy (non-hydrogen) atoms. The Balaban J connectivity index is 1.40. The second kappa shape index (κ2) is 8.74. The lowest BCUT2D eigenvalue weighted by atomic mass is 10.2. The number of rotatable bonds is 5. The van der Waals surface area contributed by atoms with Crippen LogP contribution in [0.5, 0.6) is 0 Å². The molecule has 148 valence electrons. The molecule has 0 spiro atoms. The molecule has 0 aliphatic rings. The first-order valence-electron chi connectivity index (χ1n) is 9.32. The van der Waals surface area contributed by atoms with Crippen molar-refractivity contribution in [1.82, 2.24) is 9.78 Å². The van der Waals surface area contributed by atoms with E-state index in [9.17, 15) is 9.59 Å². The molecular weight excluding hydrogens is 378 g/mol. The summed E-state index contributed by atoms with van der Waals surface area (Å²) >= 11 is 0. The van der Waals surface area contributed by atoms with Crippen LogP contribution in [0, 0.1) is 0 Å². The van der Waals surface area contributed by atoms with Crippen LogP contribution in [0.25, 0.3) is 5.69 Å². The summed E-state index contributed by atoms with van der Waals surface area (Å²) in [5, 5.41) is 12.5. The molecule has 0 fully saturated rings. The topological polar surface area (TPSA) is 88.1 Å². The molecule has 3 N–H and O–H groups in total. The van der Waals surface area contributed by atoms with E-state index in [2.05, 4.69) is 21.0 Å². The van der Waals surface area contributed by atoms with Crippen LogP contribution in [0.15, 0.2) is 97.3 Å². The Labute approximate surface area is 173 Å². The van der Waals surface area contributed by atoms with Crippen molar-refractivity contribution < 1.29 is 9.59 Å². The molecular formula is C23H19N5O2. The number of para-hydroxylation sites is 2. The molecule has 7 heteroatoms. The predicted octanol–water partition coefficient (Wildman–Crippen LogP) is 4.77. The van der Waals surface area contributed by atoms with Gasteiger partial charge in [0.1, 0.15) is 0 Å². The number of nitrogens with one attached hydrogen (secondary N) is 3. The highest BCUT2D eigenvalue weighted by molar-refractivity contribution is 6.06. The van der Waals surface area contributed by atoms with Crippen molar-refractivity contribution in [3.8, 4) is 5.69 Å². The minimum Gasteiger partial charge on any atom is -0.319 e. The Morgan fingerprint density at radius 3 is 2.13 bits per heavy atom. The average Bonchev–Trinajstić information content (AvgIpc) is 3.24. The number of urea groups is 1. The van der Waals surface area contributed by atoms with Gasteiger partial charge in [-0.3, -0.25) is 4.79 Å². The maximum absolute atomic E-state index is 12.6. The molecule has 4 aromatic rings. The Morgan fingerprint density at radius 2 is 1.37 bits per heavy atom. The number of benzene rings is 3. The van der Waals surface area contributed by atoms with Crippen LogP contribution in [0.2, 0.25) is 0 Å². The van der Waals surface area contributed by atoms with Crippen molar-refractivity contribution in [3.63, 3.8) is 0 Å². The van der Waals surface area contributed by atoms with Gasteiger partial charge in [0.2, 0.25) is 0 Å². The molecule has 0 unspecified atom stereocenters. The Kier molecular flexibility index (Phi) is 5.52. The molecule has 0 radical (unpaired) electrons. The summed E-state index contributed by atoms with van der Waals surface area (Å²) in [7, 11) is 0. The number of nitrogens with zero attached hydrogens (tertiary/aromatic N) is 2. The third-order valence-corrected chi connectivity index (χ3v) is 4.28. The second-order valence-corrected chi connectivity index (χ2v) is 6.49. The molecule has 1 aromatic heterocycles. The van der Waals surface area contributed by atoms with Crippen LogP contribution >= 0.6 is 0 Å². The van der Waals surface area contributed by atoms with E-state index in [1.165, 1.54) is 0 Å². The molecule has 0 atom stereocenters. The zero-order chi connectivity index (χ0) is 20.8. The molecule has 0 saturated carbocycles. The van der Waals surface area contributed by atoms with Crippen LogP contribution in [-0.2, 0) is 0 Å². The van der Waals surface area contributed by atoms with Crippen molar-refractivity contribution in [2.45, 2.75) is 0 Å². The number of hydrogen-bond donors (Lipinski definition) is 3. The first-order chi connectivity index (χ1) is 14.7. The number of hydrogen-bond acceptors (Lipinski definition) is 3. The van der Waals surface area contributed by atoms with Gasteiger partial charge in [-0.05, 0) is 42.5 Å². The zero-order valence-electron chi connectivity index (χ0n) is 15.9. The van der Waals surface area contributed by atoms with Crippen LogP contribution in [0.1, 0.15) is 10.4 Å². The summed E-state index contributed by atoms with van der Waals surface area (Å²) in [5.74, 6) is -0.297. The van der Waals surface area contributed by atoms with Gasteiger partial charge in [-0.15, -0.1) is 0 Å². The van der Waals surface area contributed by atoms with E-state index in [0.29, 0.717) is 22.6 Å². The first-order valence-corrected chi connectivity index (χ1v) is 9.32. The fourth-order valence-electron chi connectivity index (χ4n) is 2.87. The third kappa shape index (κ3) is 4.71. The van der Waals surface area contributed by atoms with Gasteiger partial charge in [-0.2, -0.15) is 5.10 Å². The highest BCUT2D eigenvalue weighted by Crippen LogP contribution is 2.16. The van der Waals surface area contributed by atoms with Gasteiger partial charge in [0.05, 0.1) is 23.8 Å². The predicted molar refractivity (Wildman–Crippen MR) is 117 cm³/mol. The zero-order valence-corrected chi connectivity index (χ0v) is 15.9. The van der Waals surface area contributed by atoms with E-state index >= 15 is 0 Å². The molecule has 7 nitrogen and oxygen atoms in total. The standard InChI is InChI=1S/C23H19N5O2/c29-22(25-20-15-24-28(16-20)21-12-5-2-6-13-21)17-8-7-11-19(14-17)27-23(30)26-18-9-3-1-4-10-18/h1-16H,(H,25,29)(H2,26,27,30). The molecule has 0 bridgehead atoms. The number of amides is 3. The normalized spacial score (nSPS) is 10.3. The van der Waals surface area contributed by atoms with Crippen LogP contribution < -0.4 is 16.0 Å². The van der Waals surface area contributed by atoms with Crippen LogP contribution in [-0.4, -0.2) is 21.7 Å². The van der Waals surface area contributed by atoms with Gasteiger partial charge in [0.15, 0.2) is 0 Å². The molecule has 0 saturated heterocycles. The van der Waals surface area contributed by atoms with E-state index in [4.69, 9.17) is 0 Å². The van der Waals surface area contributed by atoms with E-state index in [1.54, 1.807) is 53.5 Å². The number of carbonyl (C=O) groups is 2. The highest BCUT2D eigenvalue weighted by Gasteiger charge is 2.10. The van der Waals surface area contributed by atoms with Crippen molar-refractivity contribution in [3.05, 3.63) is 103 Å². The third-order valence-electron chi connectivity index (χ3n) is 4.28. The van der Waals surface area contributed by atoms with Crippen molar-refractivity contribution in [1.29, 1.82) is 0 Å². The summed E-state index contributed by atoms with van der Waals surface area (Å²) in [5.41, 5.74) is 3.08. The molecule has 1 heterocycles. The lowest BCUT2D eigenvalue weighted by molar-refractivity contribution is 0.102. The van der Waals surface area contributed by atoms with Crippen molar-refractivity contribution in [2.75, 3.05) is 16.0 Å². The van der Waals surface area contributed by atoms with Gasteiger partial charge >= 0.3 is 6.03 Å². The maximum atomic E-state index is 12.6. The summed E-state index contributed by atoms with van der Waals surface area (Å²) in [6.07, 6.45) is 3.32. The van der Waals surface area contributed by atoms with Gasteiger partial charge in [0.25, 0.3) is 5.91 Å². The molecule has 0 aliphatic carbocycles. The molecule has 3 amide bonds. The number of aromatic nitrogens is 2. The Morgan fingerprint density at radius 1 is 0.700 bits per heavy atom. The maximum Gasteiger partial charge on any atom is 0.323 e. The second-order valence-electron chi connectivity index (χ2n) is 6.49. The lowest BCUT2D eigenvalue weighted by Crippen LogP contribution is -2.20. The lowest BCUT2D eigenvalue weighted by Gasteiger charge is -2.09. The molecule has 4 rings (SSSR count). The molecule has 3 aromatic carbocycles. The van der Waals surface area contributed by atoms with E-state index < -0.39 is 0 Å². The molecule has 0 aliphatic heterocycles. The van der Waals surface area contributed by atoms with Crippen molar-refractivity contribution in [2.24, 2.45) is 0 Å². The van der Waals surface area contributed by atoms with E-state index in [0.717, 1.165) is 5.69 Å². The summed E-state index contributed by atoms with van der Waals surface area (Å²) < 4.78 is 1.68. The monoisotopic (exact) mass is 397 g/mol. The van der Waals surface area contributed by atoms with Gasteiger partial charge in [-0.1, -0.05) is 42.5 Å². The smallest absolute Gasteiger partial charge is 0.319 e.